The third kappa shape index (κ3) is 2.68. The summed E-state index contributed by atoms with van der Waals surface area (Å²) in [6, 6.07) is 13.8. The van der Waals surface area contributed by atoms with E-state index in [4.69, 9.17) is 10.2 Å². The van der Waals surface area contributed by atoms with Gasteiger partial charge in [-0.05, 0) is 47.7 Å². The Bertz CT molecular complexity index is 693. The molecule has 0 amide bonds. The topological polar surface area (TPSA) is 52.0 Å². The lowest BCUT2D eigenvalue weighted by molar-refractivity contribution is 0.489. The number of halogens is 1. The molecule has 1 heterocycles. The number of hydrogen-bond donors (Lipinski definition) is 1. The van der Waals surface area contributed by atoms with E-state index in [1.54, 1.807) is 0 Å². The van der Waals surface area contributed by atoms with Crippen molar-refractivity contribution in [2.75, 3.05) is 0 Å². The van der Waals surface area contributed by atoms with Crippen LogP contribution in [0.1, 0.15) is 5.56 Å². The highest BCUT2D eigenvalue weighted by Gasteiger charge is 2.10. The van der Waals surface area contributed by atoms with Gasteiger partial charge in [-0.15, -0.1) is 0 Å². The molecule has 0 aliphatic carbocycles. The van der Waals surface area contributed by atoms with Crippen molar-refractivity contribution in [2.45, 2.75) is 16.7 Å². The molecule has 2 aromatic carbocycles. The predicted octanol–water partition coefficient (Wildman–Crippen LogP) is 4.20. The van der Waals surface area contributed by atoms with Crippen LogP contribution in [-0.4, -0.2) is 4.98 Å². The average Bonchev–Trinajstić information content (AvgIpc) is 2.83. The number of nitrogens with zero attached hydrogens (tertiary/aromatic N) is 1. The smallest absolute Gasteiger partial charge is 0.261 e. The van der Waals surface area contributed by atoms with Gasteiger partial charge in [0.05, 0.1) is 0 Å². The number of fused-ring (bicyclic) bond motifs is 1. The van der Waals surface area contributed by atoms with Crippen LogP contribution in [0.3, 0.4) is 0 Å². The number of hydrogen-bond acceptors (Lipinski definition) is 4. The molecule has 0 unspecified atom stereocenters. The van der Waals surface area contributed by atoms with E-state index < -0.39 is 0 Å². The summed E-state index contributed by atoms with van der Waals surface area (Å²) in [6.45, 7) is 0.488. The fraction of sp³-hybridized carbons (Fsp3) is 0.0714. The van der Waals surface area contributed by atoms with E-state index in [0.717, 1.165) is 26.0 Å². The van der Waals surface area contributed by atoms with Crippen molar-refractivity contribution in [3.05, 3.63) is 52.5 Å². The first kappa shape index (κ1) is 12.7. The van der Waals surface area contributed by atoms with Gasteiger partial charge < -0.3 is 10.2 Å². The van der Waals surface area contributed by atoms with Crippen LogP contribution in [0, 0.1) is 0 Å². The molecule has 0 radical (unpaired) electrons. The number of rotatable bonds is 3. The second kappa shape index (κ2) is 5.36. The Balaban J connectivity index is 1.96. The highest BCUT2D eigenvalue weighted by Crippen LogP contribution is 2.33. The summed E-state index contributed by atoms with van der Waals surface area (Å²) in [5.41, 5.74) is 8.51. The summed E-state index contributed by atoms with van der Waals surface area (Å²) in [6.07, 6.45) is 0. The molecule has 0 fully saturated rings. The van der Waals surface area contributed by atoms with Gasteiger partial charge in [0.25, 0.3) is 5.22 Å². The molecule has 0 aliphatic heterocycles. The monoisotopic (exact) mass is 334 g/mol. The number of benzene rings is 2. The molecule has 0 atom stereocenters. The fourth-order valence-electron chi connectivity index (χ4n) is 1.80. The average molecular weight is 335 g/mol. The number of oxazole rings is 1. The lowest BCUT2D eigenvalue weighted by atomic mass is 10.2. The minimum Gasteiger partial charge on any atom is -0.431 e. The van der Waals surface area contributed by atoms with Gasteiger partial charge in [0.2, 0.25) is 0 Å². The van der Waals surface area contributed by atoms with Crippen LogP contribution in [0.2, 0.25) is 0 Å². The SMILES string of the molecule is NCc1cc(Br)ccc1Sc1nc2ccccc2o1. The molecule has 3 rings (SSSR count). The van der Waals surface area contributed by atoms with E-state index in [1.807, 2.05) is 42.5 Å². The lowest BCUT2D eigenvalue weighted by Gasteiger charge is -2.05. The molecular formula is C14H11BrN2OS. The van der Waals surface area contributed by atoms with Crippen molar-refractivity contribution in [2.24, 2.45) is 5.73 Å². The van der Waals surface area contributed by atoms with Crippen molar-refractivity contribution in [3.63, 3.8) is 0 Å². The third-order valence-electron chi connectivity index (χ3n) is 2.71. The second-order valence-corrected chi connectivity index (χ2v) is 5.91. The molecule has 2 N–H and O–H groups in total. The summed E-state index contributed by atoms with van der Waals surface area (Å²) in [5, 5.41) is 0.637. The van der Waals surface area contributed by atoms with Crippen molar-refractivity contribution < 1.29 is 4.42 Å². The maximum atomic E-state index is 5.76. The van der Waals surface area contributed by atoms with E-state index >= 15 is 0 Å². The van der Waals surface area contributed by atoms with Crippen LogP contribution in [0.25, 0.3) is 11.1 Å². The van der Waals surface area contributed by atoms with Gasteiger partial charge in [-0.25, -0.2) is 4.98 Å². The van der Waals surface area contributed by atoms with Gasteiger partial charge in [0, 0.05) is 15.9 Å². The molecule has 0 aliphatic rings. The van der Waals surface area contributed by atoms with E-state index in [1.165, 1.54) is 11.8 Å². The molecule has 19 heavy (non-hydrogen) atoms. The highest BCUT2D eigenvalue weighted by molar-refractivity contribution is 9.10. The van der Waals surface area contributed by atoms with Gasteiger partial charge in [-0.1, -0.05) is 28.1 Å². The maximum Gasteiger partial charge on any atom is 0.261 e. The Morgan fingerprint density at radius 1 is 1.21 bits per heavy atom. The zero-order valence-corrected chi connectivity index (χ0v) is 12.4. The molecule has 1 aromatic heterocycles. The minimum atomic E-state index is 0.488. The Labute approximate surface area is 123 Å². The van der Waals surface area contributed by atoms with Crippen molar-refractivity contribution in [1.29, 1.82) is 0 Å². The second-order valence-electron chi connectivity index (χ2n) is 4.01. The Hall–Kier alpha value is -1.30. The zero-order valence-electron chi connectivity index (χ0n) is 9.97. The van der Waals surface area contributed by atoms with Gasteiger partial charge in [-0.3, -0.25) is 0 Å². The van der Waals surface area contributed by atoms with Crippen LogP contribution >= 0.6 is 27.7 Å². The largest absolute Gasteiger partial charge is 0.431 e. The van der Waals surface area contributed by atoms with Crippen LogP contribution in [-0.2, 0) is 6.54 Å². The van der Waals surface area contributed by atoms with E-state index in [2.05, 4.69) is 20.9 Å². The molecule has 3 aromatic rings. The zero-order chi connectivity index (χ0) is 13.2. The van der Waals surface area contributed by atoms with E-state index in [9.17, 15) is 0 Å². The Kier molecular flexibility index (Phi) is 3.59. The maximum absolute atomic E-state index is 5.76. The van der Waals surface area contributed by atoms with Crippen LogP contribution < -0.4 is 5.73 Å². The molecular weight excluding hydrogens is 324 g/mol. The van der Waals surface area contributed by atoms with Crippen LogP contribution in [0.15, 0.2) is 61.5 Å². The Morgan fingerprint density at radius 3 is 2.84 bits per heavy atom. The van der Waals surface area contributed by atoms with Crippen molar-refractivity contribution >= 4 is 38.8 Å². The lowest BCUT2D eigenvalue weighted by Crippen LogP contribution is -1.98. The highest BCUT2D eigenvalue weighted by atomic mass is 79.9. The summed E-state index contributed by atoms with van der Waals surface area (Å²) in [5.74, 6) is 0. The van der Waals surface area contributed by atoms with Gasteiger partial charge >= 0.3 is 0 Å². The van der Waals surface area contributed by atoms with Gasteiger partial charge in [0.15, 0.2) is 5.58 Å². The molecule has 5 heteroatoms. The number of nitrogens with two attached hydrogens (primary N) is 1. The minimum absolute atomic E-state index is 0.488. The molecule has 0 saturated carbocycles. The Morgan fingerprint density at radius 2 is 2.05 bits per heavy atom. The normalized spacial score (nSPS) is 11.1. The van der Waals surface area contributed by atoms with Gasteiger partial charge in [0.1, 0.15) is 5.52 Å². The van der Waals surface area contributed by atoms with Gasteiger partial charge in [-0.2, -0.15) is 0 Å². The number of aromatic nitrogens is 1. The van der Waals surface area contributed by atoms with Crippen molar-refractivity contribution in [3.8, 4) is 0 Å². The summed E-state index contributed by atoms with van der Waals surface area (Å²) in [4.78, 5) is 5.52. The molecule has 96 valence electrons. The molecule has 0 spiro atoms. The first-order chi connectivity index (χ1) is 9.26. The summed E-state index contributed by atoms with van der Waals surface area (Å²) < 4.78 is 6.72. The molecule has 3 nitrogen and oxygen atoms in total. The first-order valence-corrected chi connectivity index (χ1v) is 7.39. The predicted molar refractivity (Wildman–Crippen MR) is 80.2 cm³/mol. The fourth-order valence-corrected chi connectivity index (χ4v) is 3.08. The van der Waals surface area contributed by atoms with Crippen molar-refractivity contribution in [1.82, 2.24) is 4.98 Å². The summed E-state index contributed by atoms with van der Waals surface area (Å²) >= 11 is 4.94. The van der Waals surface area contributed by atoms with Crippen LogP contribution in [0.5, 0.6) is 0 Å². The van der Waals surface area contributed by atoms with E-state index in [-0.39, 0.29) is 0 Å². The molecule has 0 bridgehead atoms. The number of para-hydroxylation sites is 2. The quantitative estimate of drug-likeness (QED) is 0.779. The van der Waals surface area contributed by atoms with E-state index in [0.29, 0.717) is 11.8 Å². The van der Waals surface area contributed by atoms with Crippen LogP contribution in [0.4, 0.5) is 0 Å². The first-order valence-electron chi connectivity index (χ1n) is 5.78. The summed E-state index contributed by atoms with van der Waals surface area (Å²) in [7, 11) is 0. The third-order valence-corrected chi connectivity index (χ3v) is 4.17. The molecule has 0 saturated heterocycles. The standard InChI is InChI=1S/C14H11BrN2OS/c15-10-5-6-13(9(7-10)8-16)19-14-17-11-3-1-2-4-12(11)18-14/h1-7H,8,16H2.